The van der Waals surface area contributed by atoms with E-state index < -0.39 is 18.1 Å². The normalized spacial score (nSPS) is 13.1. The summed E-state index contributed by atoms with van der Waals surface area (Å²) in [6.45, 7) is 2.00. The Labute approximate surface area is 140 Å². The number of rotatable bonds is 8. The second kappa shape index (κ2) is 8.88. The van der Waals surface area contributed by atoms with Crippen LogP contribution in [0, 0.1) is 0 Å². The zero-order chi connectivity index (χ0) is 17.4. The molecule has 2 atom stereocenters. The van der Waals surface area contributed by atoms with Gasteiger partial charge in [-0.1, -0.05) is 30.3 Å². The predicted octanol–water partition coefficient (Wildman–Crippen LogP) is 1.51. The predicted molar refractivity (Wildman–Crippen MR) is 89.4 cm³/mol. The van der Waals surface area contributed by atoms with E-state index in [0.717, 1.165) is 5.56 Å². The number of aliphatic hydroxyl groups excluding tert-OH is 1. The lowest BCUT2D eigenvalue weighted by Gasteiger charge is -2.18. The van der Waals surface area contributed by atoms with Gasteiger partial charge in [-0.3, -0.25) is 9.59 Å². The Kier molecular flexibility index (Phi) is 6.57. The molecule has 24 heavy (non-hydrogen) atoms. The van der Waals surface area contributed by atoms with E-state index in [4.69, 9.17) is 4.42 Å². The van der Waals surface area contributed by atoms with Crippen LogP contribution >= 0.6 is 0 Å². The molecule has 0 bridgehead atoms. The Balaban J connectivity index is 2.02. The summed E-state index contributed by atoms with van der Waals surface area (Å²) in [4.78, 5) is 24.6. The zero-order valence-electron chi connectivity index (χ0n) is 13.6. The van der Waals surface area contributed by atoms with Gasteiger partial charge in [-0.15, -0.1) is 0 Å². The molecule has 2 aromatic rings. The van der Waals surface area contributed by atoms with Crippen molar-refractivity contribution in [3.05, 3.63) is 60.1 Å². The number of hydrogen-bond acceptors (Lipinski definition) is 4. The summed E-state index contributed by atoms with van der Waals surface area (Å²) in [6.07, 6.45) is 1.74. The van der Waals surface area contributed by atoms with Crippen molar-refractivity contribution in [3.8, 4) is 0 Å². The van der Waals surface area contributed by atoms with Crippen molar-refractivity contribution in [1.29, 1.82) is 0 Å². The highest BCUT2D eigenvalue weighted by Gasteiger charge is 2.22. The van der Waals surface area contributed by atoms with E-state index in [-0.39, 0.29) is 11.7 Å². The van der Waals surface area contributed by atoms with E-state index in [9.17, 15) is 14.7 Å². The highest BCUT2D eigenvalue weighted by Crippen LogP contribution is 2.06. The first kappa shape index (κ1) is 17.7. The molecule has 0 saturated heterocycles. The van der Waals surface area contributed by atoms with Crippen LogP contribution in [0.4, 0.5) is 0 Å². The SMILES string of the molecule is CC(O)CCNC(=O)C(Cc1ccccc1)NC(=O)c1ccco1. The van der Waals surface area contributed by atoms with Crippen LogP contribution < -0.4 is 10.6 Å². The molecule has 2 rings (SSSR count). The molecule has 0 radical (unpaired) electrons. The second-order valence-electron chi connectivity index (χ2n) is 5.62. The smallest absolute Gasteiger partial charge is 0.287 e. The van der Waals surface area contributed by atoms with Crippen molar-refractivity contribution in [1.82, 2.24) is 10.6 Å². The molecule has 0 spiro atoms. The molecule has 3 N–H and O–H groups in total. The summed E-state index contributed by atoms with van der Waals surface area (Å²) < 4.78 is 5.06. The highest BCUT2D eigenvalue weighted by molar-refractivity contribution is 5.95. The van der Waals surface area contributed by atoms with Gasteiger partial charge in [0, 0.05) is 13.0 Å². The quantitative estimate of drug-likeness (QED) is 0.684. The lowest BCUT2D eigenvalue weighted by Crippen LogP contribution is -2.48. The molecule has 0 aliphatic rings. The fourth-order valence-electron chi connectivity index (χ4n) is 2.22. The fourth-order valence-corrected chi connectivity index (χ4v) is 2.22. The Morgan fingerprint density at radius 1 is 1.17 bits per heavy atom. The standard InChI is InChI=1S/C18H22N2O4/c1-13(21)9-10-19-17(22)15(12-14-6-3-2-4-7-14)20-18(23)16-8-5-11-24-16/h2-8,11,13,15,21H,9-10,12H2,1H3,(H,19,22)(H,20,23). The van der Waals surface area contributed by atoms with Crippen LogP contribution in [0.5, 0.6) is 0 Å². The van der Waals surface area contributed by atoms with Crippen molar-refractivity contribution in [3.63, 3.8) is 0 Å². The molecule has 0 fully saturated rings. The van der Waals surface area contributed by atoms with Crippen LogP contribution in [0.15, 0.2) is 53.1 Å². The topological polar surface area (TPSA) is 91.6 Å². The zero-order valence-corrected chi connectivity index (χ0v) is 13.6. The van der Waals surface area contributed by atoms with Gasteiger partial charge >= 0.3 is 0 Å². The van der Waals surface area contributed by atoms with Gasteiger partial charge in [0.2, 0.25) is 5.91 Å². The van der Waals surface area contributed by atoms with Gasteiger partial charge in [0.15, 0.2) is 5.76 Å². The molecule has 6 nitrogen and oxygen atoms in total. The minimum atomic E-state index is -0.723. The molecule has 1 aromatic carbocycles. The summed E-state index contributed by atoms with van der Waals surface area (Å²) >= 11 is 0. The van der Waals surface area contributed by atoms with Crippen molar-refractivity contribution in [2.24, 2.45) is 0 Å². The third-order valence-corrected chi connectivity index (χ3v) is 3.51. The van der Waals surface area contributed by atoms with E-state index >= 15 is 0 Å². The van der Waals surface area contributed by atoms with Crippen LogP contribution in [-0.2, 0) is 11.2 Å². The number of nitrogens with one attached hydrogen (secondary N) is 2. The van der Waals surface area contributed by atoms with Gasteiger partial charge in [0.1, 0.15) is 6.04 Å². The minimum absolute atomic E-state index is 0.157. The van der Waals surface area contributed by atoms with Gasteiger partial charge in [-0.2, -0.15) is 0 Å². The van der Waals surface area contributed by atoms with E-state index in [2.05, 4.69) is 10.6 Å². The van der Waals surface area contributed by atoms with E-state index in [1.54, 1.807) is 19.1 Å². The van der Waals surface area contributed by atoms with Crippen molar-refractivity contribution in [2.45, 2.75) is 31.9 Å². The van der Waals surface area contributed by atoms with E-state index in [1.807, 2.05) is 30.3 Å². The van der Waals surface area contributed by atoms with Crippen molar-refractivity contribution < 1.29 is 19.1 Å². The molecule has 1 aromatic heterocycles. The first-order valence-electron chi connectivity index (χ1n) is 7.90. The average Bonchev–Trinajstić information content (AvgIpc) is 3.09. The largest absolute Gasteiger partial charge is 0.459 e. The van der Waals surface area contributed by atoms with Gasteiger partial charge in [0.05, 0.1) is 12.4 Å². The van der Waals surface area contributed by atoms with Crippen LogP contribution in [-0.4, -0.2) is 35.6 Å². The molecular weight excluding hydrogens is 308 g/mol. The van der Waals surface area contributed by atoms with Gasteiger partial charge in [0.25, 0.3) is 5.91 Å². The highest BCUT2D eigenvalue weighted by atomic mass is 16.3. The van der Waals surface area contributed by atoms with Crippen LogP contribution in [0.3, 0.4) is 0 Å². The molecule has 128 valence electrons. The minimum Gasteiger partial charge on any atom is -0.459 e. The monoisotopic (exact) mass is 330 g/mol. The van der Waals surface area contributed by atoms with Crippen LogP contribution in [0.1, 0.15) is 29.5 Å². The number of furan rings is 1. The van der Waals surface area contributed by atoms with Crippen LogP contribution in [0.25, 0.3) is 0 Å². The fraction of sp³-hybridized carbons (Fsp3) is 0.333. The molecule has 0 saturated carbocycles. The Morgan fingerprint density at radius 3 is 2.54 bits per heavy atom. The molecule has 6 heteroatoms. The summed E-state index contributed by atoms with van der Waals surface area (Å²) in [6, 6.07) is 11.9. The maximum absolute atomic E-state index is 12.4. The van der Waals surface area contributed by atoms with Gasteiger partial charge in [-0.25, -0.2) is 0 Å². The lowest BCUT2D eigenvalue weighted by molar-refractivity contribution is -0.123. The molecule has 0 aliphatic heterocycles. The maximum Gasteiger partial charge on any atom is 0.287 e. The molecular formula is C18H22N2O4. The number of carbonyl (C=O) groups excluding carboxylic acids is 2. The van der Waals surface area contributed by atoms with E-state index in [1.165, 1.54) is 6.26 Å². The lowest BCUT2D eigenvalue weighted by atomic mass is 10.0. The van der Waals surface area contributed by atoms with Crippen molar-refractivity contribution in [2.75, 3.05) is 6.54 Å². The summed E-state index contributed by atoms with van der Waals surface area (Å²) in [5.41, 5.74) is 0.938. The third kappa shape index (κ3) is 5.55. The molecule has 1 heterocycles. The Hall–Kier alpha value is -2.60. The van der Waals surface area contributed by atoms with Gasteiger partial charge < -0.3 is 20.2 Å². The number of aliphatic hydroxyl groups is 1. The number of benzene rings is 1. The van der Waals surface area contributed by atoms with Gasteiger partial charge in [-0.05, 0) is 31.0 Å². The Bertz CT molecular complexity index is 638. The summed E-state index contributed by atoms with van der Waals surface area (Å²) in [5.74, 6) is -0.573. The number of hydrogen-bond donors (Lipinski definition) is 3. The van der Waals surface area contributed by atoms with E-state index in [0.29, 0.717) is 19.4 Å². The Morgan fingerprint density at radius 2 is 1.92 bits per heavy atom. The van der Waals surface area contributed by atoms with Crippen molar-refractivity contribution >= 4 is 11.8 Å². The first-order valence-corrected chi connectivity index (χ1v) is 7.90. The second-order valence-corrected chi connectivity index (χ2v) is 5.62. The number of carbonyl (C=O) groups is 2. The molecule has 2 amide bonds. The third-order valence-electron chi connectivity index (χ3n) is 3.51. The number of amides is 2. The maximum atomic E-state index is 12.4. The molecule has 2 unspecified atom stereocenters. The molecule has 0 aliphatic carbocycles. The first-order chi connectivity index (χ1) is 11.6. The average molecular weight is 330 g/mol. The van der Waals surface area contributed by atoms with Crippen LogP contribution in [0.2, 0.25) is 0 Å². The summed E-state index contributed by atoms with van der Waals surface area (Å²) in [7, 11) is 0. The summed E-state index contributed by atoms with van der Waals surface area (Å²) in [5, 5.41) is 14.7.